The first kappa shape index (κ1) is 81.1. The number of amidine groups is 4. The van der Waals surface area contributed by atoms with Gasteiger partial charge >= 0.3 is 23.9 Å². The summed E-state index contributed by atoms with van der Waals surface area (Å²) in [6.45, 7) is 27.5. The van der Waals surface area contributed by atoms with Crippen LogP contribution in [0.15, 0.2) is 190 Å². The van der Waals surface area contributed by atoms with Gasteiger partial charge in [0.05, 0.1) is 44.4 Å². The zero-order valence-electron chi connectivity index (χ0n) is 67.5. The van der Waals surface area contributed by atoms with Gasteiger partial charge in [-0.15, -0.1) is 0 Å². The van der Waals surface area contributed by atoms with Gasteiger partial charge in [0.25, 0.3) is 0 Å². The predicted octanol–water partition coefficient (Wildman–Crippen LogP) is 15.0. The second-order valence-corrected chi connectivity index (χ2v) is 35.4. The predicted molar refractivity (Wildman–Crippen MR) is 461 cm³/mol. The number of nitrogens with zero attached hydrogens (tertiary/aromatic N) is 12. The van der Waals surface area contributed by atoms with Crippen LogP contribution in [0.5, 0.6) is 0 Å². The molecule has 604 valence electrons. The number of halogens is 2. The quantitative estimate of drug-likeness (QED) is 0.0892. The second kappa shape index (κ2) is 34.2. The number of fused-ring (bicyclic) bond motifs is 8. The van der Waals surface area contributed by atoms with E-state index >= 15 is 0 Å². The van der Waals surface area contributed by atoms with Crippen LogP contribution in [0.3, 0.4) is 0 Å². The monoisotopic (exact) mass is 1600 g/mol. The van der Waals surface area contributed by atoms with Gasteiger partial charge in [-0.3, -0.25) is 38.8 Å². The highest BCUT2D eigenvalue weighted by atomic mass is 35.5. The number of carboxylic acid groups (broad SMARTS) is 4. The molecule has 0 radical (unpaired) electrons. The van der Waals surface area contributed by atoms with Gasteiger partial charge in [0.1, 0.15) is 23.3 Å². The number of carbonyl (C=O) groups is 4. The van der Waals surface area contributed by atoms with Gasteiger partial charge in [0, 0.05) is 189 Å². The fourth-order valence-electron chi connectivity index (χ4n) is 17.4. The Morgan fingerprint density at radius 1 is 0.336 bits per heavy atom. The molecule has 0 atom stereocenters. The minimum absolute atomic E-state index is 0.479. The lowest BCUT2D eigenvalue weighted by Crippen LogP contribution is -2.52. The molecule has 116 heavy (non-hydrogen) atoms. The number of aliphatic imine (C=N–C) groups is 4. The van der Waals surface area contributed by atoms with E-state index in [4.69, 9.17) is 43.2 Å². The summed E-state index contributed by atoms with van der Waals surface area (Å²) in [6.07, 6.45) is 6.68. The normalized spacial score (nSPS) is 18.8. The molecule has 0 spiro atoms. The highest BCUT2D eigenvalue weighted by Crippen LogP contribution is 2.48. The maximum Gasteiger partial charge on any atom is 0.310 e. The molecule has 0 unspecified atom stereocenters. The smallest absolute Gasteiger partial charge is 0.310 e. The van der Waals surface area contributed by atoms with E-state index in [0.29, 0.717) is 26.2 Å². The molecule has 10 aliphatic rings. The summed E-state index contributed by atoms with van der Waals surface area (Å²) in [5, 5.41) is 39.3. The number of aryl methyl sites for hydroxylation is 2. The van der Waals surface area contributed by atoms with E-state index in [1.54, 1.807) is 27.7 Å². The van der Waals surface area contributed by atoms with Crippen molar-refractivity contribution >= 4 is 93.2 Å². The summed E-state index contributed by atoms with van der Waals surface area (Å²) in [5.74, 6) is 1.35. The molecule has 8 aromatic carbocycles. The van der Waals surface area contributed by atoms with Gasteiger partial charge in [-0.2, -0.15) is 0 Å². The molecule has 4 saturated heterocycles. The van der Waals surface area contributed by atoms with Crippen molar-refractivity contribution < 1.29 is 39.6 Å². The van der Waals surface area contributed by atoms with Crippen LogP contribution in [0.25, 0.3) is 0 Å². The molecular formula is C94H106Cl2N12O8. The molecule has 8 aliphatic heterocycles. The summed E-state index contributed by atoms with van der Waals surface area (Å²) >= 11 is 12.5. The number of benzene rings is 8. The van der Waals surface area contributed by atoms with E-state index < -0.39 is 45.5 Å². The number of rotatable bonds is 12. The summed E-state index contributed by atoms with van der Waals surface area (Å²) in [4.78, 5) is 84.8. The Balaban J connectivity index is 0.000000121. The van der Waals surface area contributed by atoms with E-state index in [-0.39, 0.29) is 0 Å². The van der Waals surface area contributed by atoms with Crippen LogP contribution >= 0.6 is 23.2 Å². The zero-order valence-corrected chi connectivity index (χ0v) is 69.0. The van der Waals surface area contributed by atoms with Gasteiger partial charge in [0.15, 0.2) is 0 Å². The summed E-state index contributed by atoms with van der Waals surface area (Å²) in [7, 11) is 0. The summed E-state index contributed by atoms with van der Waals surface area (Å²) in [5.41, 5.74) is 18.8. The summed E-state index contributed by atoms with van der Waals surface area (Å²) in [6, 6.07) is 58.9. The average molecular weight is 1600 g/mol. The zero-order chi connectivity index (χ0) is 81.2. The van der Waals surface area contributed by atoms with Gasteiger partial charge in [-0.1, -0.05) is 156 Å². The van der Waals surface area contributed by atoms with Crippen LogP contribution < -0.4 is 0 Å². The fourth-order valence-corrected chi connectivity index (χ4v) is 17.7. The minimum Gasteiger partial charge on any atom is -0.481 e. The number of para-hydroxylation sites is 2. The number of piperazine rings is 4. The molecule has 18 rings (SSSR count). The first-order valence-electron chi connectivity index (χ1n) is 41.0. The molecule has 2 aliphatic carbocycles. The Morgan fingerprint density at radius 3 is 0.940 bits per heavy atom. The van der Waals surface area contributed by atoms with Crippen molar-refractivity contribution in [3.8, 4) is 0 Å². The topological polar surface area (TPSA) is 225 Å². The van der Waals surface area contributed by atoms with Gasteiger partial charge in [-0.25, -0.2) is 20.0 Å². The van der Waals surface area contributed by atoms with Crippen LogP contribution in [-0.4, -0.2) is 238 Å². The number of aliphatic carboxylic acids is 4. The first-order valence-corrected chi connectivity index (χ1v) is 41.8. The van der Waals surface area contributed by atoms with Crippen molar-refractivity contribution in [1.82, 2.24) is 39.2 Å². The van der Waals surface area contributed by atoms with Gasteiger partial charge in [0.2, 0.25) is 0 Å². The molecule has 0 aromatic heterocycles. The van der Waals surface area contributed by atoms with Crippen molar-refractivity contribution in [1.29, 1.82) is 0 Å². The molecule has 2 saturated carbocycles. The van der Waals surface area contributed by atoms with Gasteiger partial charge in [-0.05, 0) is 160 Å². The fraction of sp³-hybridized carbons (Fsp3) is 0.404. The van der Waals surface area contributed by atoms with E-state index in [0.717, 1.165) is 223 Å². The van der Waals surface area contributed by atoms with E-state index in [1.807, 2.05) is 42.5 Å². The molecule has 20 nitrogen and oxygen atoms in total. The molecule has 4 N–H and O–H groups in total. The third-order valence-corrected chi connectivity index (χ3v) is 25.2. The third-order valence-electron chi connectivity index (χ3n) is 24.8. The largest absolute Gasteiger partial charge is 0.481 e. The van der Waals surface area contributed by atoms with Crippen LogP contribution in [0, 0.1) is 35.5 Å². The summed E-state index contributed by atoms with van der Waals surface area (Å²) < 4.78 is 0. The van der Waals surface area contributed by atoms with Crippen LogP contribution in [0.4, 0.5) is 22.7 Å². The lowest BCUT2D eigenvalue weighted by atomic mass is 9.92. The van der Waals surface area contributed by atoms with Crippen molar-refractivity contribution in [2.75, 3.05) is 131 Å². The van der Waals surface area contributed by atoms with Crippen LogP contribution in [-0.2, 0) is 44.9 Å². The second-order valence-electron chi connectivity index (χ2n) is 34.5. The first-order chi connectivity index (χ1) is 55.7. The Morgan fingerprint density at radius 2 is 0.621 bits per heavy atom. The molecule has 6 fully saturated rings. The van der Waals surface area contributed by atoms with E-state index in [1.165, 1.54) is 66.8 Å². The molecule has 8 heterocycles. The lowest BCUT2D eigenvalue weighted by molar-refractivity contribution is -0.149. The maximum absolute atomic E-state index is 11.5. The molecule has 0 amide bonds. The Bertz CT molecular complexity index is 4880. The standard InChI is InChI=1S/C24H26ClN3O2.C24H28ClN3O2.C23H25N3O2.C23H27N3O2/c1-16-2-4-20-17(12-16)13-18-14-19(25)3-5-21(18)26-22(20)28-10-8-27(9-11-28)15-24(6-7-24)23(29)30;1-16-4-6-20-17(12-16)13-18-14-19(25)5-7-21(18)26-22(20)28-10-8-27(9-11-28)15-24(2,3)23(29)30;27-22(28)23(9-10-23)16-25-11-13-26(14-12-25)21-19-7-3-1-5-17(19)15-18-6-2-4-8-20(18)24-21;1-23(2,22(27)28)16-25-11-13-26(14-12-25)21-19-9-5-3-7-17(19)15-18-8-4-6-10-20(18)24-21/h2-5,12,14H,6-11,13,15H2,1H3,(H,29,30);4-7,12,14H,8-11,13,15H2,1-3H3,(H,29,30);1-8H,9-16H2,(H,27,28);3-10H,11-16H2,1-2H3,(H,27,28). The van der Waals surface area contributed by atoms with E-state index in [2.05, 4.69) is 180 Å². The van der Waals surface area contributed by atoms with Gasteiger partial charge < -0.3 is 40.0 Å². The Hall–Kier alpha value is -10.1. The SMILES string of the molecule is CC(C)(CN1CCN(C2=Nc3ccccc3Cc3ccccc32)CC1)C(=O)O.Cc1ccc2c(c1)Cc1cc(Cl)ccc1N=C2N1CCN(CC(C)(C)C(=O)O)CC1.Cc1ccc2c(c1)Cc1cc(Cl)ccc1N=C2N1CCN(CC2(C(=O)O)CC2)CC1.O=C(O)C1(CN2CCN(C3=Nc4ccccc4Cc4ccccc43)CC2)CC1. The van der Waals surface area contributed by atoms with Crippen molar-refractivity contribution in [3.63, 3.8) is 0 Å². The number of hydrogen-bond donors (Lipinski definition) is 4. The average Bonchev–Trinajstić information content (AvgIpc) is 1.62. The van der Waals surface area contributed by atoms with Crippen molar-refractivity contribution in [3.05, 3.63) is 258 Å². The van der Waals surface area contributed by atoms with Crippen LogP contribution in [0.1, 0.15) is 131 Å². The Labute approximate surface area is 691 Å². The van der Waals surface area contributed by atoms with Crippen LogP contribution in [0.2, 0.25) is 10.0 Å². The highest BCUT2D eigenvalue weighted by Gasteiger charge is 2.52. The van der Waals surface area contributed by atoms with Crippen molar-refractivity contribution in [2.45, 2.75) is 92.9 Å². The minimum atomic E-state index is -0.752. The lowest BCUT2D eigenvalue weighted by Gasteiger charge is -2.39. The highest BCUT2D eigenvalue weighted by molar-refractivity contribution is 6.31. The van der Waals surface area contributed by atoms with E-state index in [9.17, 15) is 39.6 Å². The molecule has 22 heteroatoms. The molecule has 0 bridgehead atoms. The van der Waals surface area contributed by atoms with Crippen molar-refractivity contribution in [2.24, 2.45) is 41.6 Å². The third kappa shape index (κ3) is 18.5. The number of carboxylic acids is 4. The molecule has 8 aromatic rings. The maximum atomic E-state index is 11.5. The number of hydrogen-bond acceptors (Lipinski definition) is 16. The molecular weight excluding hydrogens is 1500 g/mol. The Kier molecular flexibility index (Phi) is 23.9.